The Bertz CT molecular complexity index is 985. The van der Waals surface area contributed by atoms with Crippen molar-refractivity contribution < 1.29 is 8.42 Å². The Labute approximate surface area is 148 Å². The molecule has 3 aromatic rings. The van der Waals surface area contributed by atoms with E-state index in [4.69, 9.17) is 0 Å². The monoisotopic (exact) mass is 354 g/mol. The molecule has 130 valence electrons. The van der Waals surface area contributed by atoms with Gasteiger partial charge in [-0.1, -0.05) is 30.3 Å². The molecule has 1 aliphatic rings. The molecule has 0 radical (unpaired) electrons. The predicted molar refractivity (Wildman–Crippen MR) is 100 cm³/mol. The summed E-state index contributed by atoms with van der Waals surface area (Å²) in [5.41, 5.74) is 2.04. The molecule has 1 aliphatic heterocycles. The molecular formula is C20H22N2O2S. The van der Waals surface area contributed by atoms with Crippen molar-refractivity contribution in [1.29, 1.82) is 0 Å². The minimum absolute atomic E-state index is 0.317. The maximum absolute atomic E-state index is 13.0. The lowest BCUT2D eigenvalue weighted by Gasteiger charge is -2.29. The quantitative estimate of drug-likeness (QED) is 0.720. The van der Waals surface area contributed by atoms with Gasteiger partial charge >= 0.3 is 0 Å². The summed E-state index contributed by atoms with van der Waals surface area (Å²) in [6, 6.07) is 16.6. The Kier molecular flexibility index (Phi) is 4.13. The molecule has 5 heteroatoms. The second-order valence-corrected chi connectivity index (χ2v) is 8.60. The number of fused-ring (bicyclic) bond motifs is 1. The minimum atomic E-state index is -3.57. The van der Waals surface area contributed by atoms with Gasteiger partial charge in [-0.05, 0) is 68.7 Å². The van der Waals surface area contributed by atoms with Gasteiger partial charge in [0.05, 0.1) is 10.4 Å². The van der Waals surface area contributed by atoms with Crippen LogP contribution in [0.15, 0.2) is 65.7 Å². The topological polar surface area (TPSA) is 42.3 Å². The van der Waals surface area contributed by atoms with Crippen LogP contribution in [0.2, 0.25) is 0 Å². The lowest BCUT2D eigenvalue weighted by atomic mass is 9.88. The summed E-state index contributed by atoms with van der Waals surface area (Å²) in [6.45, 7) is 2.17. The van der Waals surface area contributed by atoms with Crippen LogP contribution in [0.4, 0.5) is 0 Å². The third-order valence-electron chi connectivity index (χ3n) is 5.19. The number of hydrogen-bond acceptors (Lipinski definition) is 3. The highest BCUT2D eigenvalue weighted by Crippen LogP contribution is 2.34. The SMILES string of the molecule is CN1CCC(c2cccc3c2ccn3S(=O)(=O)c2ccccc2)CC1. The van der Waals surface area contributed by atoms with E-state index in [2.05, 4.69) is 18.0 Å². The smallest absolute Gasteiger partial charge is 0.268 e. The molecule has 0 bridgehead atoms. The van der Waals surface area contributed by atoms with Crippen LogP contribution in [-0.4, -0.2) is 37.4 Å². The molecule has 1 fully saturated rings. The van der Waals surface area contributed by atoms with Crippen LogP contribution in [0, 0.1) is 0 Å². The van der Waals surface area contributed by atoms with Crippen LogP contribution < -0.4 is 0 Å². The van der Waals surface area contributed by atoms with Crippen molar-refractivity contribution in [2.75, 3.05) is 20.1 Å². The van der Waals surface area contributed by atoms with Gasteiger partial charge in [0.2, 0.25) is 0 Å². The molecule has 2 aromatic carbocycles. The molecule has 1 saturated heterocycles. The lowest BCUT2D eigenvalue weighted by Crippen LogP contribution is -2.29. The van der Waals surface area contributed by atoms with Crippen LogP contribution in [0.3, 0.4) is 0 Å². The normalized spacial score (nSPS) is 17.2. The fourth-order valence-corrected chi connectivity index (χ4v) is 5.13. The molecule has 2 heterocycles. The first-order valence-electron chi connectivity index (χ1n) is 8.66. The maximum Gasteiger partial charge on any atom is 0.268 e. The fraction of sp³-hybridized carbons (Fsp3) is 0.300. The Morgan fingerprint density at radius 3 is 2.36 bits per heavy atom. The van der Waals surface area contributed by atoms with Gasteiger partial charge in [-0.3, -0.25) is 0 Å². The molecule has 1 aromatic heterocycles. The number of hydrogen-bond donors (Lipinski definition) is 0. The number of aromatic nitrogens is 1. The van der Waals surface area contributed by atoms with Gasteiger partial charge in [-0.15, -0.1) is 0 Å². The van der Waals surface area contributed by atoms with E-state index in [1.165, 1.54) is 9.54 Å². The molecule has 4 rings (SSSR count). The highest BCUT2D eigenvalue weighted by atomic mass is 32.2. The third-order valence-corrected chi connectivity index (χ3v) is 6.89. The van der Waals surface area contributed by atoms with E-state index < -0.39 is 10.0 Å². The first-order valence-corrected chi connectivity index (χ1v) is 10.1. The van der Waals surface area contributed by atoms with Gasteiger partial charge in [-0.25, -0.2) is 12.4 Å². The molecule has 0 N–H and O–H groups in total. The van der Waals surface area contributed by atoms with Crippen LogP contribution in [0.5, 0.6) is 0 Å². The molecule has 0 atom stereocenters. The van der Waals surface area contributed by atoms with Crippen LogP contribution in [0.25, 0.3) is 10.9 Å². The molecule has 4 nitrogen and oxygen atoms in total. The number of rotatable bonds is 3. The van der Waals surface area contributed by atoms with Crippen molar-refractivity contribution in [3.05, 3.63) is 66.4 Å². The Hall–Kier alpha value is -2.11. The predicted octanol–water partition coefficient (Wildman–Crippen LogP) is 3.69. The van der Waals surface area contributed by atoms with Gasteiger partial charge in [-0.2, -0.15) is 0 Å². The van der Waals surface area contributed by atoms with E-state index in [0.29, 0.717) is 10.8 Å². The van der Waals surface area contributed by atoms with Crippen molar-refractivity contribution in [2.24, 2.45) is 0 Å². The fourth-order valence-electron chi connectivity index (χ4n) is 3.76. The molecule has 0 aliphatic carbocycles. The molecule has 0 unspecified atom stereocenters. The van der Waals surface area contributed by atoms with Gasteiger partial charge in [0.1, 0.15) is 0 Å². The average molecular weight is 354 g/mol. The summed E-state index contributed by atoms with van der Waals surface area (Å²) < 4.78 is 27.4. The van der Waals surface area contributed by atoms with E-state index in [1.54, 1.807) is 30.5 Å². The first-order chi connectivity index (χ1) is 12.1. The summed E-state index contributed by atoms with van der Waals surface area (Å²) in [6.07, 6.45) is 3.92. The molecule has 0 amide bonds. The second kappa shape index (κ2) is 6.32. The number of piperidine rings is 1. The summed E-state index contributed by atoms with van der Waals surface area (Å²) in [5.74, 6) is 0.496. The van der Waals surface area contributed by atoms with E-state index in [-0.39, 0.29) is 0 Å². The molecule has 0 spiro atoms. The van der Waals surface area contributed by atoms with Gasteiger partial charge < -0.3 is 4.90 Å². The minimum Gasteiger partial charge on any atom is -0.306 e. The zero-order chi connectivity index (χ0) is 17.4. The standard InChI is InChI=1S/C20H22N2O2S/c1-21-13-10-16(11-14-21)18-8-5-9-20-19(18)12-15-22(20)25(23,24)17-6-3-2-4-7-17/h2-9,12,15-16H,10-11,13-14H2,1H3. The van der Waals surface area contributed by atoms with Crippen molar-refractivity contribution in [2.45, 2.75) is 23.7 Å². The summed E-state index contributed by atoms with van der Waals surface area (Å²) >= 11 is 0. The van der Waals surface area contributed by atoms with Crippen LogP contribution in [-0.2, 0) is 10.0 Å². The zero-order valence-corrected chi connectivity index (χ0v) is 15.1. The lowest BCUT2D eigenvalue weighted by molar-refractivity contribution is 0.256. The first kappa shape index (κ1) is 16.4. The number of benzene rings is 2. The van der Waals surface area contributed by atoms with E-state index in [1.807, 2.05) is 24.3 Å². The van der Waals surface area contributed by atoms with Gasteiger partial charge in [0, 0.05) is 11.6 Å². The Morgan fingerprint density at radius 2 is 1.64 bits per heavy atom. The average Bonchev–Trinajstić information content (AvgIpc) is 3.08. The van der Waals surface area contributed by atoms with E-state index in [0.717, 1.165) is 36.8 Å². The molecule has 0 saturated carbocycles. The van der Waals surface area contributed by atoms with Crippen LogP contribution in [0.1, 0.15) is 24.3 Å². The highest BCUT2D eigenvalue weighted by Gasteiger charge is 2.23. The Morgan fingerprint density at radius 1 is 0.920 bits per heavy atom. The summed E-state index contributed by atoms with van der Waals surface area (Å²) in [4.78, 5) is 2.67. The van der Waals surface area contributed by atoms with Gasteiger partial charge in [0.15, 0.2) is 0 Å². The van der Waals surface area contributed by atoms with Crippen molar-refractivity contribution in [3.8, 4) is 0 Å². The largest absolute Gasteiger partial charge is 0.306 e. The second-order valence-electron chi connectivity index (χ2n) is 6.79. The van der Waals surface area contributed by atoms with Crippen molar-refractivity contribution in [1.82, 2.24) is 8.87 Å². The Balaban J connectivity index is 1.80. The molecular weight excluding hydrogens is 332 g/mol. The molecule has 25 heavy (non-hydrogen) atoms. The van der Waals surface area contributed by atoms with E-state index in [9.17, 15) is 8.42 Å². The van der Waals surface area contributed by atoms with Crippen molar-refractivity contribution >= 4 is 20.9 Å². The summed E-state index contributed by atoms with van der Waals surface area (Å²) in [7, 11) is -1.42. The van der Waals surface area contributed by atoms with Crippen LogP contribution >= 0.6 is 0 Å². The highest BCUT2D eigenvalue weighted by molar-refractivity contribution is 7.90. The third kappa shape index (κ3) is 2.87. The van der Waals surface area contributed by atoms with Crippen molar-refractivity contribution in [3.63, 3.8) is 0 Å². The van der Waals surface area contributed by atoms with Gasteiger partial charge in [0.25, 0.3) is 10.0 Å². The van der Waals surface area contributed by atoms with E-state index >= 15 is 0 Å². The zero-order valence-electron chi connectivity index (χ0n) is 14.3. The maximum atomic E-state index is 13.0. The number of likely N-dealkylation sites (tertiary alicyclic amines) is 1. The number of nitrogens with zero attached hydrogens (tertiary/aromatic N) is 2. The summed E-state index contributed by atoms with van der Waals surface area (Å²) in [5, 5.41) is 1.05.